The van der Waals surface area contributed by atoms with E-state index < -0.39 is 10.0 Å². The smallest absolute Gasteiger partial charge is 0.255 e. The van der Waals surface area contributed by atoms with Gasteiger partial charge in [0.2, 0.25) is 10.0 Å². The van der Waals surface area contributed by atoms with Crippen LogP contribution in [0.15, 0.2) is 47.4 Å². The zero-order chi connectivity index (χ0) is 18.6. The van der Waals surface area contributed by atoms with Gasteiger partial charge in [0.25, 0.3) is 5.91 Å². The summed E-state index contributed by atoms with van der Waals surface area (Å²) in [7, 11) is -3.65. The second-order valence-electron chi connectivity index (χ2n) is 6.18. The molecule has 2 aromatic carbocycles. The summed E-state index contributed by atoms with van der Waals surface area (Å²) >= 11 is 0. The highest BCUT2D eigenvalue weighted by molar-refractivity contribution is 7.89. The third-order valence-corrected chi connectivity index (χ3v) is 5.68. The molecular formula is C19H24N2O3S. The van der Waals surface area contributed by atoms with E-state index >= 15 is 0 Å². The molecule has 0 spiro atoms. The normalized spacial score (nSPS) is 12.6. The minimum atomic E-state index is -3.65. The van der Waals surface area contributed by atoms with E-state index in [4.69, 9.17) is 0 Å². The van der Waals surface area contributed by atoms with Gasteiger partial charge in [-0.05, 0) is 56.5 Å². The number of sulfonamides is 1. The van der Waals surface area contributed by atoms with E-state index in [9.17, 15) is 13.2 Å². The number of para-hydroxylation sites is 1. The Kier molecular flexibility index (Phi) is 5.98. The number of benzene rings is 2. The molecule has 0 aromatic heterocycles. The number of anilines is 1. The Hall–Kier alpha value is -2.18. The molecule has 0 radical (unpaired) electrons. The number of carbonyl (C=O) groups excluding carboxylic acids is 1. The maximum Gasteiger partial charge on any atom is 0.255 e. The largest absolute Gasteiger partial charge is 0.322 e. The van der Waals surface area contributed by atoms with Gasteiger partial charge in [-0.3, -0.25) is 4.79 Å². The summed E-state index contributed by atoms with van der Waals surface area (Å²) in [4.78, 5) is 12.6. The van der Waals surface area contributed by atoms with E-state index in [1.165, 1.54) is 12.1 Å². The van der Waals surface area contributed by atoms with Crippen molar-refractivity contribution in [1.29, 1.82) is 0 Å². The third-order valence-electron chi connectivity index (χ3n) is 4.09. The van der Waals surface area contributed by atoms with Crippen molar-refractivity contribution in [1.82, 2.24) is 4.72 Å². The molecule has 0 saturated heterocycles. The molecule has 1 amide bonds. The van der Waals surface area contributed by atoms with E-state index in [0.29, 0.717) is 12.0 Å². The van der Waals surface area contributed by atoms with Crippen LogP contribution in [-0.2, 0) is 10.0 Å². The van der Waals surface area contributed by atoms with Gasteiger partial charge in [-0.2, -0.15) is 0 Å². The maximum atomic E-state index is 12.5. The number of hydrogen-bond acceptors (Lipinski definition) is 3. The van der Waals surface area contributed by atoms with Crippen LogP contribution >= 0.6 is 0 Å². The molecule has 0 aliphatic heterocycles. The summed E-state index contributed by atoms with van der Waals surface area (Å²) in [5.41, 5.74) is 2.96. The summed E-state index contributed by atoms with van der Waals surface area (Å²) in [5.74, 6) is -0.335. The lowest BCUT2D eigenvalue weighted by Gasteiger charge is -2.14. The summed E-state index contributed by atoms with van der Waals surface area (Å²) in [6.45, 7) is 7.54. The lowest BCUT2D eigenvalue weighted by atomic mass is 10.1. The van der Waals surface area contributed by atoms with Crippen molar-refractivity contribution < 1.29 is 13.2 Å². The monoisotopic (exact) mass is 360 g/mol. The molecule has 0 bridgehead atoms. The Bertz CT molecular complexity index is 856. The number of nitrogens with one attached hydrogen (secondary N) is 2. The highest BCUT2D eigenvalue weighted by Gasteiger charge is 2.18. The minimum absolute atomic E-state index is 0.0851. The zero-order valence-electron chi connectivity index (χ0n) is 15.0. The molecule has 2 N–H and O–H groups in total. The predicted octanol–water partition coefficient (Wildman–Crippen LogP) is 3.63. The average Bonchev–Trinajstić information content (AvgIpc) is 2.57. The van der Waals surface area contributed by atoms with Crippen LogP contribution in [0.4, 0.5) is 5.69 Å². The summed E-state index contributed by atoms with van der Waals surface area (Å²) in [6.07, 6.45) is 0.686. The van der Waals surface area contributed by atoms with Crippen LogP contribution in [-0.4, -0.2) is 20.4 Å². The molecule has 0 aliphatic carbocycles. The fourth-order valence-corrected chi connectivity index (χ4v) is 3.79. The highest BCUT2D eigenvalue weighted by Crippen LogP contribution is 2.21. The van der Waals surface area contributed by atoms with Gasteiger partial charge in [-0.15, -0.1) is 0 Å². The van der Waals surface area contributed by atoms with Crippen LogP contribution in [0.1, 0.15) is 41.8 Å². The first kappa shape index (κ1) is 19.1. The molecule has 2 aromatic rings. The van der Waals surface area contributed by atoms with Crippen molar-refractivity contribution >= 4 is 21.6 Å². The first-order valence-corrected chi connectivity index (χ1v) is 9.73. The van der Waals surface area contributed by atoms with Crippen LogP contribution in [0.5, 0.6) is 0 Å². The summed E-state index contributed by atoms with van der Waals surface area (Å²) in [6, 6.07) is 11.6. The van der Waals surface area contributed by atoms with Gasteiger partial charge in [0.1, 0.15) is 0 Å². The Morgan fingerprint density at radius 3 is 2.28 bits per heavy atom. The van der Waals surface area contributed by atoms with Gasteiger partial charge in [0, 0.05) is 17.3 Å². The number of amides is 1. The molecular weight excluding hydrogens is 336 g/mol. The fourth-order valence-electron chi connectivity index (χ4n) is 2.42. The third kappa shape index (κ3) is 4.67. The lowest BCUT2D eigenvalue weighted by molar-refractivity contribution is 0.102. The number of carbonyl (C=O) groups is 1. The summed E-state index contributed by atoms with van der Waals surface area (Å²) in [5, 5.41) is 2.87. The molecule has 25 heavy (non-hydrogen) atoms. The quantitative estimate of drug-likeness (QED) is 0.826. The van der Waals surface area contributed by atoms with Gasteiger partial charge in [0.15, 0.2) is 0 Å². The topological polar surface area (TPSA) is 75.3 Å². The Morgan fingerprint density at radius 1 is 1.08 bits per heavy atom. The van der Waals surface area contributed by atoms with Crippen LogP contribution < -0.4 is 10.0 Å². The molecule has 2 rings (SSSR count). The van der Waals surface area contributed by atoms with Gasteiger partial charge in [0.05, 0.1) is 4.90 Å². The molecule has 0 heterocycles. The van der Waals surface area contributed by atoms with Crippen LogP contribution in [0.2, 0.25) is 0 Å². The molecule has 0 aliphatic rings. The number of aryl methyl sites for hydroxylation is 2. The SMILES string of the molecule is CCC(C)NS(=O)(=O)c1cccc(C(=O)Nc2c(C)cccc2C)c1. The van der Waals surface area contributed by atoms with E-state index in [1.54, 1.807) is 19.1 Å². The summed E-state index contributed by atoms with van der Waals surface area (Å²) < 4.78 is 27.4. The lowest BCUT2D eigenvalue weighted by Crippen LogP contribution is -2.32. The van der Waals surface area contributed by atoms with Gasteiger partial charge < -0.3 is 5.32 Å². The second kappa shape index (κ2) is 7.80. The van der Waals surface area contributed by atoms with E-state index in [1.807, 2.05) is 39.0 Å². The first-order chi connectivity index (χ1) is 11.7. The molecule has 134 valence electrons. The minimum Gasteiger partial charge on any atom is -0.322 e. The first-order valence-electron chi connectivity index (χ1n) is 8.24. The van der Waals surface area contributed by atoms with E-state index in [-0.39, 0.29) is 16.8 Å². The number of hydrogen-bond donors (Lipinski definition) is 2. The van der Waals surface area contributed by atoms with E-state index in [2.05, 4.69) is 10.0 Å². The molecule has 0 saturated carbocycles. The number of rotatable bonds is 6. The van der Waals surface area contributed by atoms with E-state index in [0.717, 1.165) is 16.8 Å². The predicted molar refractivity (Wildman–Crippen MR) is 100 cm³/mol. The van der Waals surface area contributed by atoms with Crippen LogP contribution in [0.25, 0.3) is 0 Å². The molecule has 1 unspecified atom stereocenters. The van der Waals surface area contributed by atoms with Crippen molar-refractivity contribution in [3.8, 4) is 0 Å². The van der Waals surface area contributed by atoms with Crippen LogP contribution in [0.3, 0.4) is 0 Å². The highest BCUT2D eigenvalue weighted by atomic mass is 32.2. The van der Waals surface area contributed by atoms with Crippen molar-refractivity contribution in [3.63, 3.8) is 0 Å². The fraction of sp³-hybridized carbons (Fsp3) is 0.316. The Balaban J connectivity index is 2.28. The van der Waals surface area contributed by atoms with Crippen molar-refractivity contribution in [3.05, 3.63) is 59.2 Å². The van der Waals surface area contributed by atoms with Crippen molar-refractivity contribution in [2.45, 2.75) is 45.1 Å². The standard InChI is InChI=1S/C19H24N2O3S/c1-5-15(4)21-25(23,24)17-11-7-10-16(12-17)19(22)20-18-13(2)8-6-9-14(18)3/h6-12,15,21H,5H2,1-4H3,(H,20,22). The van der Waals surface area contributed by atoms with Crippen LogP contribution in [0, 0.1) is 13.8 Å². The molecule has 5 nitrogen and oxygen atoms in total. The van der Waals surface area contributed by atoms with Gasteiger partial charge in [-0.25, -0.2) is 13.1 Å². The molecule has 1 atom stereocenters. The Morgan fingerprint density at radius 2 is 1.68 bits per heavy atom. The second-order valence-corrected chi connectivity index (χ2v) is 7.89. The van der Waals surface area contributed by atoms with Gasteiger partial charge >= 0.3 is 0 Å². The average molecular weight is 360 g/mol. The van der Waals surface area contributed by atoms with Gasteiger partial charge in [-0.1, -0.05) is 31.2 Å². The van der Waals surface area contributed by atoms with Crippen molar-refractivity contribution in [2.75, 3.05) is 5.32 Å². The molecule has 0 fully saturated rings. The molecule has 6 heteroatoms. The Labute approximate surface area is 149 Å². The maximum absolute atomic E-state index is 12.5. The van der Waals surface area contributed by atoms with Crippen molar-refractivity contribution in [2.24, 2.45) is 0 Å². The zero-order valence-corrected chi connectivity index (χ0v) is 15.8.